The molecule has 0 bridgehead atoms. The number of nitrogens with one attached hydrogen (secondary N) is 3. The first-order valence-corrected chi connectivity index (χ1v) is 20.7. The number of carbonyl (C=O) groups excluding carboxylic acids is 5. The highest BCUT2D eigenvalue weighted by atomic mass is 79.9. The number of hydrogen-bond acceptors (Lipinski definition) is 10. The lowest BCUT2D eigenvalue weighted by Crippen LogP contribution is -3.00. The van der Waals surface area contributed by atoms with Gasteiger partial charge in [-0.25, -0.2) is 0 Å². The Morgan fingerprint density at radius 2 is 1.29 bits per heavy atom. The third kappa shape index (κ3) is 14.3. The summed E-state index contributed by atoms with van der Waals surface area (Å²) in [5.41, 5.74) is 5.70. The van der Waals surface area contributed by atoms with Crippen LogP contribution in [0.3, 0.4) is 0 Å². The van der Waals surface area contributed by atoms with E-state index in [1.54, 1.807) is 0 Å². The zero-order chi connectivity index (χ0) is 36.2. The van der Waals surface area contributed by atoms with E-state index < -0.39 is 43.1 Å². The maximum atomic E-state index is 12.7. The van der Waals surface area contributed by atoms with Crippen molar-refractivity contribution in [2.45, 2.75) is 37.8 Å². The standard InChI is InChI=1S/C36H45N4O7PS2.BrH/c1-46-34(43)24-39-35(44)31(40-32(41)21-20-30(37)36(45)47-2)25-49-50-26-33(42)38-22-12-13-23-48(27-14-6-3-7-15-27,28-16-8-4-9-17-28)29-18-10-5-11-19-29;/h3-11,14-19,30-31H,12-13,20-26,37H2,1-2H3,(H2-,38,39,40,41,42,44);1H/t30-,31-;/m0./s1. The van der Waals surface area contributed by atoms with Crippen molar-refractivity contribution < 1.29 is 50.4 Å². The lowest BCUT2D eigenvalue weighted by Gasteiger charge is -2.27. The van der Waals surface area contributed by atoms with Crippen molar-refractivity contribution in [2.75, 3.05) is 45.0 Å². The number of nitrogens with two attached hydrogens (primary N) is 1. The van der Waals surface area contributed by atoms with Gasteiger partial charge in [0.15, 0.2) is 0 Å². The Bertz CT molecular complexity index is 1430. The van der Waals surface area contributed by atoms with E-state index in [-0.39, 0.29) is 53.8 Å². The predicted octanol–water partition coefficient (Wildman–Crippen LogP) is -0.683. The highest BCUT2D eigenvalue weighted by molar-refractivity contribution is 8.76. The molecule has 3 aromatic carbocycles. The van der Waals surface area contributed by atoms with Crippen LogP contribution in [0.2, 0.25) is 0 Å². The quantitative estimate of drug-likeness (QED) is 0.0469. The summed E-state index contributed by atoms with van der Waals surface area (Å²) in [5, 5.41) is 12.0. The van der Waals surface area contributed by atoms with Crippen LogP contribution in [0, 0.1) is 0 Å². The minimum absolute atomic E-state index is 0. The van der Waals surface area contributed by atoms with Gasteiger partial charge in [-0.05, 0) is 55.7 Å². The Morgan fingerprint density at radius 3 is 1.80 bits per heavy atom. The summed E-state index contributed by atoms with van der Waals surface area (Å²) in [5.74, 6) is -2.22. The maximum absolute atomic E-state index is 12.7. The summed E-state index contributed by atoms with van der Waals surface area (Å²) in [4.78, 5) is 61.0. The number of amides is 3. The number of carbonyl (C=O) groups is 5. The summed E-state index contributed by atoms with van der Waals surface area (Å²) in [7, 11) is 2.97. The van der Waals surface area contributed by atoms with E-state index in [4.69, 9.17) is 5.73 Å². The molecule has 0 radical (unpaired) electrons. The van der Waals surface area contributed by atoms with Gasteiger partial charge in [-0.1, -0.05) is 76.2 Å². The van der Waals surface area contributed by atoms with Gasteiger partial charge in [0.05, 0.1) is 26.1 Å². The number of ether oxygens (including phenoxy) is 2. The molecule has 51 heavy (non-hydrogen) atoms. The number of esters is 2. The Hall–Kier alpha value is -3.42. The first-order chi connectivity index (χ1) is 24.2. The zero-order valence-corrected chi connectivity index (χ0v) is 32.9. The van der Waals surface area contributed by atoms with Gasteiger partial charge in [0.2, 0.25) is 17.7 Å². The van der Waals surface area contributed by atoms with Crippen LogP contribution < -0.4 is 54.6 Å². The molecule has 0 fully saturated rings. The fraction of sp³-hybridized carbons (Fsp3) is 0.361. The third-order valence-corrected chi connectivity index (χ3v) is 14.6. The summed E-state index contributed by atoms with van der Waals surface area (Å²) in [6.07, 6.45) is 2.62. The van der Waals surface area contributed by atoms with Gasteiger partial charge in [-0.3, -0.25) is 24.0 Å². The highest BCUT2D eigenvalue weighted by Gasteiger charge is 2.44. The molecule has 276 valence electrons. The van der Waals surface area contributed by atoms with Crippen LogP contribution in [0.25, 0.3) is 0 Å². The van der Waals surface area contributed by atoms with E-state index in [0.717, 1.165) is 19.0 Å². The summed E-state index contributed by atoms with van der Waals surface area (Å²) < 4.78 is 9.13. The van der Waals surface area contributed by atoms with E-state index in [1.165, 1.54) is 51.7 Å². The lowest BCUT2D eigenvalue weighted by atomic mass is 10.1. The smallest absolute Gasteiger partial charge is 0.325 e. The SMILES string of the molecule is COC(=O)CNC(=O)[C@H](CSSCC(=O)NCCCC[P+](c1ccccc1)(c1ccccc1)c1ccccc1)NC(=O)CC[C@H](N)C(=O)OC.[Br-]. The normalized spacial score (nSPS) is 12.0. The molecular formula is C36H46BrN4O7PS2. The second kappa shape index (κ2) is 23.9. The average molecular weight is 822 g/mol. The summed E-state index contributed by atoms with van der Waals surface area (Å²) in [6, 6.07) is 30.1. The van der Waals surface area contributed by atoms with Crippen LogP contribution in [0.5, 0.6) is 0 Å². The molecule has 0 unspecified atom stereocenters. The van der Waals surface area contributed by atoms with Crippen LogP contribution in [0.1, 0.15) is 25.7 Å². The van der Waals surface area contributed by atoms with E-state index in [9.17, 15) is 24.0 Å². The van der Waals surface area contributed by atoms with Crippen molar-refractivity contribution >= 4 is 74.4 Å². The number of hydrogen-bond donors (Lipinski definition) is 4. The molecule has 3 amide bonds. The average Bonchev–Trinajstić information content (AvgIpc) is 3.16. The Kier molecular flexibility index (Phi) is 20.5. The molecular weight excluding hydrogens is 775 g/mol. The molecule has 11 nitrogen and oxygen atoms in total. The lowest BCUT2D eigenvalue weighted by molar-refractivity contribution is -0.142. The van der Waals surface area contributed by atoms with E-state index in [2.05, 4.69) is 98.2 Å². The molecule has 5 N–H and O–H groups in total. The van der Waals surface area contributed by atoms with Gasteiger partial charge >= 0.3 is 11.9 Å². The minimum atomic E-state index is -1.93. The molecule has 0 saturated heterocycles. The van der Waals surface area contributed by atoms with Crippen LogP contribution in [0.4, 0.5) is 0 Å². The predicted molar refractivity (Wildman–Crippen MR) is 203 cm³/mol. The molecule has 0 saturated carbocycles. The molecule has 3 aromatic rings. The zero-order valence-electron chi connectivity index (χ0n) is 28.8. The number of methoxy groups -OCH3 is 2. The van der Waals surface area contributed by atoms with E-state index >= 15 is 0 Å². The van der Waals surface area contributed by atoms with Crippen LogP contribution in [0.15, 0.2) is 91.0 Å². The van der Waals surface area contributed by atoms with Crippen LogP contribution in [-0.4, -0.2) is 86.7 Å². The van der Waals surface area contributed by atoms with Gasteiger partial charge in [0.25, 0.3) is 0 Å². The fourth-order valence-electron chi connectivity index (χ4n) is 5.21. The monoisotopic (exact) mass is 820 g/mol. The summed E-state index contributed by atoms with van der Waals surface area (Å²) in [6.45, 7) is 0.172. The van der Waals surface area contributed by atoms with Crippen molar-refractivity contribution in [3.63, 3.8) is 0 Å². The molecule has 0 spiro atoms. The van der Waals surface area contributed by atoms with Gasteiger partial charge < -0.3 is 48.1 Å². The summed E-state index contributed by atoms with van der Waals surface area (Å²) >= 11 is 0. The second-order valence-electron chi connectivity index (χ2n) is 11.2. The Labute approximate surface area is 318 Å². The van der Waals surface area contributed by atoms with Gasteiger partial charge in [-0.15, -0.1) is 0 Å². The molecule has 3 rings (SSSR count). The van der Waals surface area contributed by atoms with Crippen molar-refractivity contribution in [3.05, 3.63) is 91.0 Å². The van der Waals surface area contributed by atoms with E-state index in [0.29, 0.717) is 6.54 Å². The van der Waals surface area contributed by atoms with Gasteiger partial charge in [0.1, 0.15) is 41.8 Å². The molecule has 2 atom stereocenters. The van der Waals surface area contributed by atoms with Crippen molar-refractivity contribution in [1.29, 1.82) is 0 Å². The molecule has 0 heterocycles. The highest BCUT2D eigenvalue weighted by Crippen LogP contribution is 2.55. The molecule has 15 heteroatoms. The molecule has 0 aromatic heterocycles. The maximum Gasteiger partial charge on any atom is 0.325 e. The van der Waals surface area contributed by atoms with Crippen molar-refractivity contribution in [3.8, 4) is 0 Å². The van der Waals surface area contributed by atoms with E-state index in [1.807, 2.05) is 18.2 Å². The number of halogens is 1. The second-order valence-corrected chi connectivity index (χ2v) is 17.3. The number of benzene rings is 3. The topological polar surface area (TPSA) is 166 Å². The van der Waals surface area contributed by atoms with Crippen LogP contribution >= 0.6 is 28.9 Å². The molecule has 0 aliphatic heterocycles. The van der Waals surface area contributed by atoms with Gasteiger partial charge in [0, 0.05) is 18.7 Å². The number of unbranched alkanes of at least 4 members (excludes halogenated alkanes) is 1. The number of rotatable bonds is 21. The Balaban J connectivity index is 0.00000901. The Morgan fingerprint density at radius 1 is 0.745 bits per heavy atom. The molecule has 0 aliphatic carbocycles. The van der Waals surface area contributed by atoms with Crippen molar-refractivity contribution in [1.82, 2.24) is 16.0 Å². The van der Waals surface area contributed by atoms with Crippen molar-refractivity contribution in [2.24, 2.45) is 5.73 Å². The first kappa shape index (κ1) is 43.7. The van der Waals surface area contributed by atoms with Crippen LogP contribution in [-0.2, 0) is 33.4 Å². The first-order valence-electron chi connectivity index (χ1n) is 16.2. The third-order valence-electron chi connectivity index (χ3n) is 7.81. The minimum Gasteiger partial charge on any atom is -1.00 e. The van der Waals surface area contributed by atoms with Gasteiger partial charge in [-0.2, -0.15) is 0 Å². The fourth-order valence-corrected chi connectivity index (χ4v) is 11.6. The molecule has 0 aliphatic rings. The largest absolute Gasteiger partial charge is 1.00 e.